The number of benzene rings is 3. The molecule has 4 saturated heterocycles. The highest BCUT2D eigenvalue weighted by Gasteiger charge is 2.50. The van der Waals surface area contributed by atoms with Gasteiger partial charge in [0.15, 0.2) is 16.5 Å². The Kier molecular flexibility index (Phi) is 21.9. The molecule has 4 fully saturated rings. The van der Waals surface area contributed by atoms with Crippen LogP contribution in [0.5, 0.6) is 11.5 Å². The molecule has 13 unspecified atom stereocenters. The van der Waals surface area contributed by atoms with Crippen LogP contribution in [0.15, 0.2) is 79.1 Å². The van der Waals surface area contributed by atoms with Gasteiger partial charge in [0.1, 0.15) is 41.3 Å². The van der Waals surface area contributed by atoms with Crippen LogP contribution >= 0.6 is 23.7 Å². The van der Waals surface area contributed by atoms with Crippen LogP contribution in [0, 0.1) is 5.92 Å². The Bertz CT molecular complexity index is 3450. The molecule has 13 atom stereocenters. The third-order valence-corrected chi connectivity index (χ3v) is 17.4. The van der Waals surface area contributed by atoms with Crippen molar-refractivity contribution in [1.82, 2.24) is 56.4 Å². The van der Waals surface area contributed by atoms with E-state index in [4.69, 9.17) is 15.2 Å². The van der Waals surface area contributed by atoms with E-state index >= 15 is 0 Å². The summed E-state index contributed by atoms with van der Waals surface area (Å²) in [5.41, 5.74) is 8.77. The van der Waals surface area contributed by atoms with Crippen molar-refractivity contribution in [3.05, 3.63) is 90.3 Å². The van der Waals surface area contributed by atoms with Crippen molar-refractivity contribution in [2.45, 2.75) is 125 Å². The summed E-state index contributed by atoms with van der Waals surface area (Å²) in [6.07, 6.45) is -7.82. The molecule has 0 aliphatic carbocycles. The largest absolute Gasteiger partial charge is 0.504 e. The number of nitrogens with two attached hydrogens (primary N) is 1. The molecule has 0 bridgehead atoms. The Morgan fingerprint density at radius 3 is 2.12 bits per heavy atom. The molecular weight excluding hydrogens is 1230 g/mol. The van der Waals surface area contributed by atoms with Gasteiger partial charge in [-0.1, -0.05) is 45.8 Å². The molecule has 8 amide bonds. The first kappa shape index (κ1) is 67.0. The van der Waals surface area contributed by atoms with Gasteiger partial charge in [-0.25, -0.2) is 9.94 Å². The summed E-state index contributed by atoms with van der Waals surface area (Å²) in [5.74, 6) is -11.1. The summed E-state index contributed by atoms with van der Waals surface area (Å²) >= 11 is 1.32. The van der Waals surface area contributed by atoms with Crippen molar-refractivity contribution in [2.75, 3.05) is 37.6 Å². The molecule has 0 radical (unpaired) electrons. The van der Waals surface area contributed by atoms with E-state index in [-0.39, 0.29) is 29.2 Å². The van der Waals surface area contributed by atoms with E-state index < -0.39 is 177 Å². The fourth-order valence-electron chi connectivity index (χ4n) is 11.2. The lowest BCUT2D eigenvalue weighted by Crippen LogP contribution is -2.64. The summed E-state index contributed by atoms with van der Waals surface area (Å²) in [6, 6.07) is 5.95. The molecule has 0 saturated carbocycles. The van der Waals surface area contributed by atoms with E-state index in [1.165, 1.54) is 36.5 Å². The van der Waals surface area contributed by atoms with Gasteiger partial charge < -0.3 is 86.9 Å². The van der Waals surface area contributed by atoms with Crippen molar-refractivity contribution >= 4 is 76.6 Å². The number of hydrogen-bond acceptors (Lipinski definition) is 25. The molecular formula is C57H69N13O19S2. The quantitative estimate of drug-likeness (QED) is 0.0199. The zero-order valence-electron chi connectivity index (χ0n) is 48.9. The predicted molar refractivity (Wildman–Crippen MR) is 319 cm³/mol. The molecule has 2 aromatic heterocycles. The van der Waals surface area contributed by atoms with E-state index in [1.807, 2.05) is 18.3 Å². The van der Waals surface area contributed by atoms with Crippen LogP contribution in [0.4, 0.5) is 5.69 Å². The number of anilines is 1. The number of phenolic OH excluding ortho intramolecular Hbond substituents is 1. The molecule has 488 valence electrons. The SMILES string of the molecule is CC(O)C1NC(=O)C(NC(=O)c2ccc(-c3nnc(-c4cnn(-c5ccc(N6CCCC6)cc5)c4)s3)cc2)CC(O)CNC(=O)C2C(O)C(C)CN2C(=O)C(C(O)CC(N)=O)NC(=O)C(C(O)Cc2ccc(O)c(OSOOO)c2)NC(=O)C2CC(O)CN2C1=O. The minimum Gasteiger partial charge on any atom is -0.504 e. The van der Waals surface area contributed by atoms with E-state index in [2.05, 4.69) is 68.3 Å². The highest BCUT2D eigenvalue weighted by atomic mass is 32.2. The maximum absolute atomic E-state index is 14.7. The molecule has 4 aliphatic heterocycles. The van der Waals surface area contributed by atoms with Gasteiger partial charge in [0, 0.05) is 80.9 Å². The molecule has 32 nitrogen and oxygen atoms in total. The van der Waals surface area contributed by atoms with Crippen LogP contribution in [0.25, 0.3) is 26.8 Å². The van der Waals surface area contributed by atoms with Gasteiger partial charge in [0.2, 0.25) is 41.4 Å². The number of amides is 8. The number of nitrogens with one attached hydrogen (secondary N) is 5. The first-order valence-electron chi connectivity index (χ1n) is 28.9. The first-order chi connectivity index (χ1) is 43.5. The van der Waals surface area contributed by atoms with Crippen molar-refractivity contribution in [3.8, 4) is 38.3 Å². The second-order valence-electron chi connectivity index (χ2n) is 22.6. The summed E-state index contributed by atoms with van der Waals surface area (Å²) in [7, 11) is 0. The van der Waals surface area contributed by atoms with Crippen LogP contribution < -0.4 is 41.4 Å². The molecule has 4 aliphatic rings. The molecule has 9 rings (SSSR count). The number of aromatic hydroxyl groups is 1. The fraction of sp³-hybridized carbons (Fsp3) is 0.456. The number of aliphatic hydroxyl groups excluding tert-OH is 6. The van der Waals surface area contributed by atoms with Crippen LogP contribution in [-0.2, 0) is 49.4 Å². The maximum Gasteiger partial charge on any atom is 0.261 e. The average Bonchev–Trinajstić information content (AvgIpc) is 1.75. The number of hydrogen-bond donors (Lipinski definition) is 14. The number of aromatic nitrogens is 4. The first-order valence-corrected chi connectivity index (χ1v) is 30.4. The highest BCUT2D eigenvalue weighted by molar-refractivity contribution is 7.90. The number of aliphatic hydroxyl groups is 6. The topological polar surface area (TPSA) is 466 Å². The fourth-order valence-corrected chi connectivity index (χ4v) is 12.3. The van der Waals surface area contributed by atoms with Crippen molar-refractivity contribution in [1.29, 1.82) is 0 Å². The zero-order chi connectivity index (χ0) is 65.4. The lowest BCUT2D eigenvalue weighted by Gasteiger charge is -2.33. The Morgan fingerprint density at radius 2 is 1.44 bits per heavy atom. The third-order valence-electron chi connectivity index (χ3n) is 16.0. The molecule has 3 aromatic carbocycles. The second-order valence-corrected chi connectivity index (χ2v) is 24.1. The number of primary amides is 1. The number of rotatable bonds is 17. The number of phenols is 1. The number of carbonyl (C=O) groups excluding carboxylic acids is 8. The summed E-state index contributed by atoms with van der Waals surface area (Å²) in [4.78, 5) is 118. The van der Waals surface area contributed by atoms with E-state index in [9.17, 15) is 74.1 Å². The van der Waals surface area contributed by atoms with Crippen LogP contribution in [0.2, 0.25) is 0 Å². The predicted octanol–water partition coefficient (Wildman–Crippen LogP) is -2.45. The highest BCUT2D eigenvalue weighted by Crippen LogP contribution is 2.33. The van der Waals surface area contributed by atoms with Crippen molar-refractivity contribution in [2.24, 2.45) is 11.7 Å². The van der Waals surface area contributed by atoms with Gasteiger partial charge in [-0.05, 0) is 73.9 Å². The molecule has 5 aromatic rings. The Morgan fingerprint density at radius 1 is 0.780 bits per heavy atom. The summed E-state index contributed by atoms with van der Waals surface area (Å²) in [5, 5.41) is 117. The van der Waals surface area contributed by atoms with E-state index in [1.54, 1.807) is 23.0 Å². The minimum absolute atomic E-state index is 0.00270. The van der Waals surface area contributed by atoms with Gasteiger partial charge in [-0.3, -0.25) is 38.4 Å². The average molecular weight is 1300 g/mol. The molecule has 91 heavy (non-hydrogen) atoms. The van der Waals surface area contributed by atoms with Gasteiger partial charge in [0.05, 0.1) is 60.5 Å². The van der Waals surface area contributed by atoms with Crippen LogP contribution in [-0.4, -0.2) is 224 Å². The summed E-state index contributed by atoms with van der Waals surface area (Å²) in [6.45, 7) is 2.89. The maximum atomic E-state index is 14.7. The van der Waals surface area contributed by atoms with Gasteiger partial charge in [-0.2, -0.15) is 5.10 Å². The number of nitrogens with zero attached hydrogens (tertiary/aromatic N) is 7. The standard InChI is InChI=1S/C57H69N13O19S2/c1-27-24-69-47(48(27)78)53(83)59-23-35(72)19-37(61-49(79)30-6-8-31(9-7-30)54-65-66-55(90-54)32-22-60-70(25-32)34-12-10-33(11-13-34)67-15-3-4-16-67)50(80)62-44(28(2)71)56(84)68-26-36(73)20-38(68)51(81)63-45(52(82)64-46(57(69)85)41(76)21-43(58)77)40(75)17-29-5-14-39(74)42(18-29)87-91-89-88-86/h5-14,18,22,25,27-28,35-38,40-41,44-48,71-76,78,86H,3-4,15-17,19-21,23-24,26H2,1-2H3,(H2,58,77)(H,59,83)(H,61,79)(H,62,80)(H,63,81)(H,64,82). The molecule has 6 heterocycles. The third kappa shape index (κ3) is 16.0. The van der Waals surface area contributed by atoms with Gasteiger partial charge in [-0.15, -0.1) is 10.2 Å². The van der Waals surface area contributed by atoms with Gasteiger partial charge >= 0.3 is 0 Å². The smallest absolute Gasteiger partial charge is 0.261 e. The number of β-amino-alcohol motifs (C(OH)–C–C–N with tert-alkyl or cyclic N) is 1. The Balaban J connectivity index is 0.983. The van der Waals surface area contributed by atoms with Crippen molar-refractivity contribution < 1.29 is 92.9 Å². The van der Waals surface area contributed by atoms with E-state index in [0.29, 0.717) is 21.1 Å². The molecule has 34 heteroatoms. The second kappa shape index (κ2) is 29.7. The lowest BCUT2D eigenvalue weighted by molar-refractivity contribution is -0.433. The molecule has 0 spiro atoms. The normalized spacial score (nSPS) is 25.7. The van der Waals surface area contributed by atoms with Gasteiger partial charge in [0.25, 0.3) is 18.2 Å². The Hall–Kier alpha value is -8.42. The minimum atomic E-state index is -2.22. The number of fused-ring (bicyclic) bond motifs is 2. The lowest BCUT2D eigenvalue weighted by atomic mass is 9.98. The summed E-state index contributed by atoms with van der Waals surface area (Å²) < 4.78 is 11.0. The monoisotopic (exact) mass is 1300 g/mol. The number of carbonyl (C=O) groups is 8. The Labute approximate surface area is 526 Å². The van der Waals surface area contributed by atoms with Crippen molar-refractivity contribution in [3.63, 3.8) is 0 Å². The van der Waals surface area contributed by atoms with Crippen LogP contribution in [0.1, 0.15) is 61.9 Å². The van der Waals surface area contributed by atoms with Crippen LogP contribution in [0.3, 0.4) is 0 Å². The zero-order valence-corrected chi connectivity index (χ0v) is 50.5. The van der Waals surface area contributed by atoms with E-state index in [0.717, 1.165) is 66.2 Å². The molecule has 15 N–H and O–H groups in total.